The topological polar surface area (TPSA) is 103 Å². The van der Waals surface area contributed by atoms with Crippen molar-refractivity contribution in [2.45, 2.75) is 58.1 Å². The van der Waals surface area contributed by atoms with E-state index in [1.54, 1.807) is 26.0 Å². The van der Waals surface area contributed by atoms with Crippen molar-refractivity contribution < 1.29 is 31.9 Å². The highest BCUT2D eigenvalue weighted by Gasteiger charge is 2.28. The Morgan fingerprint density at radius 2 is 1.51 bits per heavy atom. The molecule has 244 valence electrons. The fourth-order valence-electron chi connectivity index (χ4n) is 5.35. The molecule has 0 fully saturated rings. The van der Waals surface area contributed by atoms with Crippen molar-refractivity contribution in [3.05, 3.63) is 125 Å². The summed E-state index contributed by atoms with van der Waals surface area (Å²) in [5, 5.41) is 0.511. The number of carbonyl (C=O) groups is 2. The number of carbonyl (C=O) groups excluding carboxylic acids is 2. The van der Waals surface area contributed by atoms with Gasteiger partial charge in [0, 0.05) is 24.0 Å². The first-order valence-corrected chi connectivity index (χ1v) is 17.0. The molecular formula is C38H39NO7S. The van der Waals surface area contributed by atoms with Crippen LogP contribution in [0, 0.1) is 6.92 Å². The summed E-state index contributed by atoms with van der Waals surface area (Å²) in [5.41, 5.74) is 3.69. The number of aryl methyl sites for hydroxylation is 1. The van der Waals surface area contributed by atoms with Crippen LogP contribution in [0.25, 0.3) is 22.1 Å². The van der Waals surface area contributed by atoms with Gasteiger partial charge in [0.05, 0.1) is 17.1 Å². The Morgan fingerprint density at radius 1 is 0.830 bits per heavy atom. The number of fused-ring (bicyclic) bond motifs is 1. The molecule has 47 heavy (non-hydrogen) atoms. The Kier molecular flexibility index (Phi) is 9.98. The van der Waals surface area contributed by atoms with Crippen molar-refractivity contribution in [2.24, 2.45) is 0 Å². The summed E-state index contributed by atoms with van der Waals surface area (Å²) in [4.78, 5) is 26.0. The highest BCUT2D eigenvalue weighted by atomic mass is 32.2. The van der Waals surface area contributed by atoms with Gasteiger partial charge in [0.25, 0.3) is 0 Å². The lowest BCUT2D eigenvalue weighted by atomic mass is 9.97. The first kappa shape index (κ1) is 33.6. The highest BCUT2D eigenvalue weighted by molar-refractivity contribution is 7.89. The summed E-state index contributed by atoms with van der Waals surface area (Å²) in [6.07, 6.45) is 0.473. The second kappa shape index (κ2) is 13.9. The minimum absolute atomic E-state index is 0.0104. The molecule has 5 aromatic rings. The minimum Gasteiger partial charge on any atom is -0.460 e. The summed E-state index contributed by atoms with van der Waals surface area (Å²) < 4.78 is 46.7. The fraction of sp³-hybridized carbons (Fsp3) is 0.263. The Hall–Kier alpha value is -4.73. The van der Waals surface area contributed by atoms with E-state index >= 15 is 0 Å². The maximum atomic E-state index is 14.4. The number of nitrogens with zero attached hydrogens (tertiary/aromatic N) is 1. The van der Waals surface area contributed by atoms with Gasteiger partial charge in [-0.2, -0.15) is 4.31 Å². The summed E-state index contributed by atoms with van der Waals surface area (Å²) in [6, 6.07) is 29.2. The summed E-state index contributed by atoms with van der Waals surface area (Å²) in [5.74, 6) is -1.05. The van der Waals surface area contributed by atoms with Gasteiger partial charge in [-0.25, -0.2) is 18.0 Å². The largest absolute Gasteiger partial charge is 0.460 e. The van der Waals surface area contributed by atoms with E-state index in [4.69, 9.17) is 13.9 Å². The lowest BCUT2D eigenvalue weighted by Gasteiger charge is -2.24. The van der Waals surface area contributed by atoms with Crippen LogP contribution in [-0.2, 0) is 32.5 Å². The smallest absolute Gasteiger partial charge is 0.374 e. The number of hydrogen-bond acceptors (Lipinski definition) is 7. The number of benzene rings is 4. The molecule has 4 aromatic carbocycles. The van der Waals surface area contributed by atoms with Crippen LogP contribution in [0.15, 0.2) is 106 Å². The van der Waals surface area contributed by atoms with Crippen LogP contribution in [0.1, 0.15) is 65.3 Å². The van der Waals surface area contributed by atoms with Crippen LogP contribution < -0.4 is 0 Å². The van der Waals surface area contributed by atoms with Crippen molar-refractivity contribution in [1.29, 1.82) is 0 Å². The third-order valence-corrected chi connectivity index (χ3v) is 9.49. The fourth-order valence-corrected chi connectivity index (χ4v) is 6.80. The number of ether oxygens (including phenoxy) is 2. The van der Waals surface area contributed by atoms with E-state index < -0.39 is 27.6 Å². The highest BCUT2D eigenvalue weighted by Crippen LogP contribution is 2.31. The van der Waals surface area contributed by atoms with Crippen molar-refractivity contribution in [1.82, 2.24) is 4.31 Å². The van der Waals surface area contributed by atoms with Gasteiger partial charge >= 0.3 is 11.9 Å². The monoisotopic (exact) mass is 653 g/mol. The maximum Gasteiger partial charge on any atom is 0.374 e. The average molecular weight is 654 g/mol. The molecule has 0 aliphatic carbocycles. The van der Waals surface area contributed by atoms with E-state index in [0.717, 1.165) is 11.1 Å². The number of sulfonamides is 1. The zero-order chi connectivity index (χ0) is 33.8. The molecule has 0 aliphatic heterocycles. The molecule has 0 radical (unpaired) electrons. The molecule has 8 nitrogen and oxygen atoms in total. The Balaban J connectivity index is 1.55. The van der Waals surface area contributed by atoms with Gasteiger partial charge in [-0.1, -0.05) is 72.8 Å². The van der Waals surface area contributed by atoms with Gasteiger partial charge in [0.15, 0.2) is 0 Å². The second-order valence-corrected chi connectivity index (χ2v) is 14.2. The number of furan rings is 1. The molecule has 9 heteroatoms. The van der Waals surface area contributed by atoms with E-state index in [1.165, 1.54) is 16.4 Å². The van der Waals surface area contributed by atoms with Gasteiger partial charge in [-0.05, 0) is 87.6 Å². The Labute approximate surface area is 276 Å². The van der Waals surface area contributed by atoms with Crippen LogP contribution in [0.5, 0.6) is 0 Å². The molecule has 0 amide bonds. The van der Waals surface area contributed by atoms with Crippen LogP contribution in [0.3, 0.4) is 0 Å². The standard InChI is InChI=1S/C38H39NO7S/c1-6-44-37(41)35-26(2)32-24-30(18-20-34(32)45-35)47(42,43)39(22-21-27-13-9-7-10-14-27)25-28-17-19-31(29-15-11-8-12-16-29)33(23-28)36(40)46-38(3,4)5/h7-20,23-24H,6,21-22,25H2,1-5H3. The van der Waals surface area contributed by atoms with E-state index in [1.807, 2.05) is 93.6 Å². The third kappa shape index (κ3) is 7.81. The molecule has 1 aromatic heterocycles. The summed E-state index contributed by atoms with van der Waals surface area (Å²) >= 11 is 0. The number of rotatable bonds is 11. The van der Waals surface area contributed by atoms with Gasteiger partial charge < -0.3 is 13.9 Å². The Bertz CT molecular complexity index is 1990. The molecule has 0 N–H and O–H groups in total. The maximum absolute atomic E-state index is 14.4. The predicted molar refractivity (Wildman–Crippen MR) is 182 cm³/mol. The summed E-state index contributed by atoms with van der Waals surface area (Å²) in [7, 11) is -4.06. The van der Waals surface area contributed by atoms with E-state index in [0.29, 0.717) is 39.6 Å². The molecule has 0 atom stereocenters. The van der Waals surface area contributed by atoms with Gasteiger partial charge in [0.1, 0.15) is 11.2 Å². The molecular weight excluding hydrogens is 614 g/mol. The summed E-state index contributed by atoms with van der Waals surface area (Å²) in [6.45, 7) is 9.22. The quantitative estimate of drug-likeness (QED) is 0.133. The SMILES string of the molecule is CCOC(=O)c1oc2ccc(S(=O)(=O)N(CCc3ccccc3)Cc3ccc(-c4ccccc4)c(C(=O)OC(C)(C)C)c3)cc2c1C. The normalized spacial score (nSPS) is 12.0. The molecule has 0 aliphatic rings. The zero-order valence-electron chi connectivity index (χ0n) is 27.3. The molecule has 5 rings (SSSR count). The van der Waals surface area contributed by atoms with E-state index in [-0.39, 0.29) is 30.4 Å². The van der Waals surface area contributed by atoms with Crippen LogP contribution in [0.2, 0.25) is 0 Å². The minimum atomic E-state index is -4.06. The second-order valence-electron chi connectivity index (χ2n) is 12.3. The molecule has 0 saturated heterocycles. The molecule has 1 heterocycles. The van der Waals surface area contributed by atoms with Gasteiger partial charge in [-0.3, -0.25) is 0 Å². The Morgan fingerprint density at radius 3 is 2.17 bits per heavy atom. The first-order valence-electron chi connectivity index (χ1n) is 15.5. The van der Waals surface area contributed by atoms with Crippen LogP contribution in [-0.4, -0.2) is 43.4 Å². The molecule has 0 saturated carbocycles. The van der Waals surface area contributed by atoms with E-state index in [2.05, 4.69) is 0 Å². The molecule has 0 bridgehead atoms. The average Bonchev–Trinajstić information content (AvgIpc) is 3.38. The van der Waals surface area contributed by atoms with Crippen LogP contribution >= 0.6 is 0 Å². The van der Waals surface area contributed by atoms with Crippen molar-refractivity contribution in [3.63, 3.8) is 0 Å². The first-order chi connectivity index (χ1) is 22.4. The van der Waals surface area contributed by atoms with Crippen LogP contribution in [0.4, 0.5) is 0 Å². The molecule has 0 spiro atoms. The lowest BCUT2D eigenvalue weighted by Crippen LogP contribution is -2.32. The molecule has 0 unspecified atom stereocenters. The zero-order valence-corrected chi connectivity index (χ0v) is 28.1. The van der Waals surface area contributed by atoms with E-state index in [9.17, 15) is 18.0 Å². The number of hydrogen-bond donors (Lipinski definition) is 0. The van der Waals surface area contributed by atoms with Crippen molar-refractivity contribution in [3.8, 4) is 11.1 Å². The van der Waals surface area contributed by atoms with Crippen molar-refractivity contribution >= 4 is 32.9 Å². The van der Waals surface area contributed by atoms with Gasteiger partial charge in [-0.15, -0.1) is 0 Å². The van der Waals surface area contributed by atoms with Gasteiger partial charge in [0.2, 0.25) is 15.8 Å². The third-order valence-electron chi connectivity index (χ3n) is 7.65. The van der Waals surface area contributed by atoms with Crippen molar-refractivity contribution in [2.75, 3.05) is 13.2 Å². The predicted octanol–water partition coefficient (Wildman–Crippen LogP) is 7.97. The lowest BCUT2D eigenvalue weighted by molar-refractivity contribution is 0.00700. The number of esters is 2.